The molecule has 0 aliphatic carbocycles. The lowest BCUT2D eigenvalue weighted by atomic mass is 10.1. The number of ketones is 1. The molecule has 2 N–H and O–H groups in total. The number of Topliss-reactive ketones (excluding diaryl/α,β-unsaturated/α-hetero) is 1. The minimum atomic E-state index is -0.481. The molecule has 0 bridgehead atoms. The molecule has 1 aromatic heterocycles. The maximum absolute atomic E-state index is 12.5. The summed E-state index contributed by atoms with van der Waals surface area (Å²) in [6.45, 7) is 2.23. The first-order chi connectivity index (χ1) is 13.2. The summed E-state index contributed by atoms with van der Waals surface area (Å²) in [4.78, 5) is 27.6. The monoisotopic (exact) mass is 389 g/mol. The van der Waals surface area contributed by atoms with Crippen molar-refractivity contribution in [2.24, 2.45) is 0 Å². The normalized spacial score (nSPS) is 16.8. The topological polar surface area (TPSA) is 79.9 Å². The highest BCUT2D eigenvalue weighted by molar-refractivity contribution is 7.09. The van der Waals surface area contributed by atoms with Crippen molar-refractivity contribution in [2.75, 3.05) is 33.3 Å². The van der Waals surface area contributed by atoms with Crippen LogP contribution < -0.4 is 20.1 Å². The first-order valence-electron chi connectivity index (χ1n) is 8.76. The zero-order valence-electron chi connectivity index (χ0n) is 15.1. The molecule has 0 spiro atoms. The second kappa shape index (κ2) is 9.50. The van der Waals surface area contributed by atoms with Crippen LogP contribution in [-0.4, -0.2) is 56.1 Å². The van der Waals surface area contributed by atoms with Crippen LogP contribution in [0, 0.1) is 0 Å². The maximum Gasteiger partial charge on any atom is 0.415 e. The molecule has 1 saturated heterocycles. The van der Waals surface area contributed by atoms with Crippen LogP contribution in [0.5, 0.6) is 11.5 Å². The van der Waals surface area contributed by atoms with E-state index in [2.05, 4.69) is 10.6 Å². The van der Waals surface area contributed by atoms with Gasteiger partial charge in [-0.05, 0) is 23.6 Å². The van der Waals surface area contributed by atoms with E-state index < -0.39 is 12.1 Å². The van der Waals surface area contributed by atoms with E-state index in [1.807, 2.05) is 17.5 Å². The molecule has 1 aliphatic rings. The number of para-hydroxylation sites is 2. The highest BCUT2D eigenvalue weighted by Gasteiger charge is 2.29. The Hall–Kier alpha value is -2.42. The molecule has 0 saturated carbocycles. The van der Waals surface area contributed by atoms with E-state index in [-0.39, 0.29) is 18.9 Å². The number of amides is 1. The number of ether oxygens (including phenoxy) is 2. The summed E-state index contributed by atoms with van der Waals surface area (Å²) in [7, 11) is 1.52. The molecule has 8 heteroatoms. The Balaban J connectivity index is 1.50. The molecule has 0 unspecified atom stereocenters. The highest BCUT2D eigenvalue weighted by atomic mass is 32.1. The Morgan fingerprint density at radius 3 is 2.81 bits per heavy atom. The lowest BCUT2D eigenvalue weighted by Gasteiger charge is -2.32. The number of carbonyl (C=O) groups is 2. The van der Waals surface area contributed by atoms with Crippen LogP contribution in [0.4, 0.5) is 4.79 Å². The third kappa shape index (κ3) is 5.29. The predicted octanol–water partition coefficient (Wildman–Crippen LogP) is 1.89. The first-order valence-corrected chi connectivity index (χ1v) is 9.64. The van der Waals surface area contributed by atoms with Gasteiger partial charge in [-0.25, -0.2) is 4.79 Å². The summed E-state index contributed by atoms with van der Waals surface area (Å²) >= 11 is 1.65. The second-order valence-electron chi connectivity index (χ2n) is 6.12. The molecule has 1 fully saturated rings. The van der Waals surface area contributed by atoms with Crippen LogP contribution in [0.2, 0.25) is 0 Å². The minimum Gasteiger partial charge on any atom is -0.493 e. The van der Waals surface area contributed by atoms with Gasteiger partial charge in [-0.3, -0.25) is 4.79 Å². The molecule has 0 radical (unpaired) electrons. The van der Waals surface area contributed by atoms with Gasteiger partial charge in [-0.2, -0.15) is 0 Å². The van der Waals surface area contributed by atoms with Gasteiger partial charge < -0.3 is 25.0 Å². The number of nitrogens with one attached hydrogen (secondary N) is 2. The largest absolute Gasteiger partial charge is 0.493 e. The van der Waals surface area contributed by atoms with Crippen molar-refractivity contribution < 1.29 is 19.1 Å². The predicted molar refractivity (Wildman–Crippen MR) is 103 cm³/mol. The summed E-state index contributed by atoms with van der Waals surface area (Å²) in [6, 6.07) is 10.6. The fourth-order valence-corrected chi connectivity index (χ4v) is 3.51. The molecule has 27 heavy (non-hydrogen) atoms. The molecular formula is C19H23N3O4S. The van der Waals surface area contributed by atoms with Crippen molar-refractivity contribution in [3.05, 3.63) is 46.7 Å². The Kier molecular flexibility index (Phi) is 6.80. The van der Waals surface area contributed by atoms with E-state index in [0.29, 0.717) is 31.1 Å². The van der Waals surface area contributed by atoms with Crippen molar-refractivity contribution in [3.63, 3.8) is 0 Å². The zero-order valence-corrected chi connectivity index (χ0v) is 16.0. The van der Waals surface area contributed by atoms with Crippen LogP contribution >= 0.6 is 11.3 Å². The number of hydrogen-bond donors (Lipinski definition) is 2. The van der Waals surface area contributed by atoms with Crippen molar-refractivity contribution >= 4 is 23.2 Å². The number of hydrogen-bond acceptors (Lipinski definition) is 7. The number of benzene rings is 1. The molecule has 1 amide bonds. The fourth-order valence-electron chi connectivity index (χ4n) is 2.84. The summed E-state index contributed by atoms with van der Waals surface area (Å²) in [6.07, 6.45) is -0.481. The van der Waals surface area contributed by atoms with Crippen LogP contribution in [0.25, 0.3) is 0 Å². The van der Waals surface area contributed by atoms with Crippen LogP contribution in [0.3, 0.4) is 0 Å². The van der Waals surface area contributed by atoms with E-state index in [9.17, 15) is 9.59 Å². The van der Waals surface area contributed by atoms with E-state index in [0.717, 1.165) is 0 Å². The molecule has 1 aromatic carbocycles. The van der Waals surface area contributed by atoms with Gasteiger partial charge in [0.15, 0.2) is 17.3 Å². The average molecular weight is 389 g/mol. The van der Waals surface area contributed by atoms with E-state index in [1.54, 1.807) is 40.5 Å². The maximum atomic E-state index is 12.5. The zero-order chi connectivity index (χ0) is 19.1. The fraction of sp³-hybridized carbons (Fsp3) is 0.368. The lowest BCUT2D eigenvalue weighted by molar-refractivity contribution is -0.121. The van der Waals surface area contributed by atoms with E-state index in [4.69, 9.17) is 9.47 Å². The summed E-state index contributed by atoms with van der Waals surface area (Å²) < 4.78 is 10.6. The van der Waals surface area contributed by atoms with Gasteiger partial charge in [0.2, 0.25) is 0 Å². The van der Waals surface area contributed by atoms with Crippen molar-refractivity contribution in [2.45, 2.75) is 12.6 Å². The Morgan fingerprint density at radius 2 is 2.07 bits per heavy atom. The summed E-state index contributed by atoms with van der Waals surface area (Å²) in [5.74, 6) is 0.886. The van der Waals surface area contributed by atoms with Crippen molar-refractivity contribution in [1.29, 1.82) is 0 Å². The average Bonchev–Trinajstić information content (AvgIpc) is 3.22. The molecule has 2 aromatic rings. The van der Waals surface area contributed by atoms with E-state index in [1.165, 1.54) is 12.0 Å². The quantitative estimate of drug-likeness (QED) is 0.753. The Bertz CT molecular complexity index is 766. The standard InChI is InChI=1S/C19H23N3O4S/c1-25-17-6-2-3-7-18(17)26-19(24)22-9-8-21-15(13-22)16(23)12-20-11-14-5-4-10-27-14/h2-7,10,15,20-21H,8-9,11-13H2,1H3/t15-/m0/s1. The number of nitrogens with zero attached hydrogens (tertiary/aromatic N) is 1. The Morgan fingerprint density at radius 1 is 1.26 bits per heavy atom. The SMILES string of the molecule is COc1ccccc1OC(=O)N1CCN[C@H](C(=O)CNCc2cccs2)C1. The van der Waals surface area contributed by atoms with Crippen LogP contribution in [0.1, 0.15) is 4.88 Å². The third-order valence-corrected chi connectivity index (χ3v) is 5.14. The minimum absolute atomic E-state index is 0.0290. The molecule has 1 aliphatic heterocycles. The van der Waals surface area contributed by atoms with Gasteiger partial charge in [0.25, 0.3) is 0 Å². The lowest BCUT2D eigenvalue weighted by Crippen LogP contribution is -2.57. The van der Waals surface area contributed by atoms with Gasteiger partial charge in [-0.15, -0.1) is 11.3 Å². The van der Waals surface area contributed by atoms with Gasteiger partial charge in [0, 0.05) is 31.1 Å². The molecular weight excluding hydrogens is 366 g/mol. The van der Waals surface area contributed by atoms with Crippen LogP contribution in [0.15, 0.2) is 41.8 Å². The van der Waals surface area contributed by atoms with Crippen LogP contribution in [-0.2, 0) is 11.3 Å². The van der Waals surface area contributed by atoms with Gasteiger partial charge in [0.05, 0.1) is 19.7 Å². The van der Waals surface area contributed by atoms with Crippen molar-refractivity contribution in [1.82, 2.24) is 15.5 Å². The summed E-state index contributed by atoms with van der Waals surface area (Å²) in [5.41, 5.74) is 0. The number of rotatable bonds is 7. The second-order valence-corrected chi connectivity index (χ2v) is 7.15. The first kappa shape index (κ1) is 19.3. The van der Waals surface area contributed by atoms with Crippen molar-refractivity contribution in [3.8, 4) is 11.5 Å². The number of piperazine rings is 1. The molecule has 7 nitrogen and oxygen atoms in total. The molecule has 3 rings (SSSR count). The van der Waals surface area contributed by atoms with Gasteiger partial charge in [-0.1, -0.05) is 18.2 Å². The molecule has 2 heterocycles. The number of methoxy groups -OCH3 is 1. The highest BCUT2D eigenvalue weighted by Crippen LogP contribution is 2.26. The van der Waals surface area contributed by atoms with Gasteiger partial charge >= 0.3 is 6.09 Å². The van der Waals surface area contributed by atoms with E-state index >= 15 is 0 Å². The summed E-state index contributed by atoms with van der Waals surface area (Å²) in [5, 5.41) is 8.33. The number of carbonyl (C=O) groups excluding carboxylic acids is 2. The molecule has 144 valence electrons. The smallest absolute Gasteiger partial charge is 0.415 e. The third-order valence-electron chi connectivity index (χ3n) is 4.27. The molecule has 1 atom stereocenters. The Labute approximate surface area is 162 Å². The number of thiophene rings is 1. The van der Waals surface area contributed by atoms with Gasteiger partial charge in [0.1, 0.15) is 0 Å².